The summed E-state index contributed by atoms with van der Waals surface area (Å²) in [6.07, 6.45) is 2.40. The molecule has 0 aromatic carbocycles. The monoisotopic (exact) mass is 181 g/mol. The Labute approximate surface area is 80.6 Å². The van der Waals surface area contributed by atoms with Gasteiger partial charge in [-0.25, -0.2) is 0 Å². The number of hydrogen-bond acceptors (Lipinski definition) is 2. The fourth-order valence-electron chi connectivity index (χ4n) is 2.75. The van der Waals surface area contributed by atoms with Crippen LogP contribution in [0.1, 0.15) is 33.6 Å². The Hall–Kier alpha value is -0.500. The zero-order valence-electron chi connectivity index (χ0n) is 8.84. The van der Waals surface area contributed by atoms with Gasteiger partial charge in [-0.05, 0) is 26.2 Å². The van der Waals surface area contributed by atoms with E-state index in [2.05, 4.69) is 32.3 Å². The Morgan fingerprint density at radius 2 is 2.31 bits per heavy atom. The van der Waals surface area contributed by atoms with Crippen LogP contribution in [0.5, 0.6) is 0 Å². The minimum Gasteiger partial charge on any atom is -0.354 e. The lowest BCUT2D eigenvalue weighted by Gasteiger charge is -2.32. The minimum absolute atomic E-state index is 0.119. The van der Waals surface area contributed by atoms with E-state index in [-0.39, 0.29) is 5.72 Å². The molecule has 2 fully saturated rings. The standard InChI is InChI=1S/C11H19NO/c1-5-9-6-8(2)12-10(9)7-13-11(12,3)4/h9-10H,2,5-7H2,1,3-4H3/t9-,10?/m1/s1. The number of allylic oxidation sites excluding steroid dienone is 1. The van der Waals surface area contributed by atoms with Gasteiger partial charge in [0.25, 0.3) is 0 Å². The maximum absolute atomic E-state index is 5.77. The maximum atomic E-state index is 5.77. The minimum atomic E-state index is -0.119. The molecule has 2 atom stereocenters. The van der Waals surface area contributed by atoms with Crippen molar-refractivity contribution in [2.75, 3.05) is 6.61 Å². The van der Waals surface area contributed by atoms with Crippen LogP contribution in [0, 0.1) is 5.92 Å². The van der Waals surface area contributed by atoms with E-state index in [1.807, 2.05) is 0 Å². The lowest BCUT2D eigenvalue weighted by molar-refractivity contribution is -0.0348. The van der Waals surface area contributed by atoms with E-state index in [4.69, 9.17) is 4.74 Å². The molecule has 13 heavy (non-hydrogen) atoms. The molecule has 0 N–H and O–H groups in total. The first-order chi connectivity index (χ1) is 6.06. The van der Waals surface area contributed by atoms with Gasteiger partial charge < -0.3 is 9.64 Å². The lowest BCUT2D eigenvalue weighted by atomic mass is 9.98. The molecule has 0 aromatic heterocycles. The molecular weight excluding hydrogens is 162 g/mol. The molecule has 0 spiro atoms. The third-order valence-electron chi connectivity index (χ3n) is 3.43. The summed E-state index contributed by atoms with van der Waals surface area (Å²) in [6, 6.07) is 0.590. The quantitative estimate of drug-likeness (QED) is 0.615. The van der Waals surface area contributed by atoms with Crippen LogP contribution >= 0.6 is 0 Å². The van der Waals surface area contributed by atoms with E-state index in [0.717, 1.165) is 18.9 Å². The van der Waals surface area contributed by atoms with Crippen molar-refractivity contribution in [1.29, 1.82) is 0 Å². The highest BCUT2D eigenvalue weighted by Crippen LogP contribution is 2.43. The number of rotatable bonds is 1. The van der Waals surface area contributed by atoms with Crippen molar-refractivity contribution in [1.82, 2.24) is 4.90 Å². The molecule has 2 aliphatic heterocycles. The second kappa shape index (κ2) is 2.74. The van der Waals surface area contributed by atoms with Gasteiger partial charge in [0.1, 0.15) is 5.72 Å². The Morgan fingerprint density at radius 3 is 2.92 bits per heavy atom. The van der Waals surface area contributed by atoms with Crippen molar-refractivity contribution in [3.63, 3.8) is 0 Å². The molecule has 2 aliphatic rings. The second-order valence-corrected chi connectivity index (χ2v) is 4.63. The molecule has 0 aromatic rings. The summed E-state index contributed by atoms with van der Waals surface area (Å²) in [6.45, 7) is 11.5. The van der Waals surface area contributed by atoms with Crippen LogP contribution in [-0.4, -0.2) is 23.3 Å². The smallest absolute Gasteiger partial charge is 0.135 e. The van der Waals surface area contributed by atoms with E-state index < -0.39 is 0 Å². The molecule has 0 amide bonds. The van der Waals surface area contributed by atoms with Crippen LogP contribution < -0.4 is 0 Å². The SMILES string of the molecule is C=C1C[C@@H](CC)C2COC(C)(C)N12. The Kier molecular flexibility index (Phi) is 1.91. The molecule has 0 saturated carbocycles. The topological polar surface area (TPSA) is 12.5 Å². The maximum Gasteiger partial charge on any atom is 0.135 e. The molecular formula is C11H19NO. The normalized spacial score (nSPS) is 36.8. The average Bonchev–Trinajstić information content (AvgIpc) is 2.53. The first-order valence-corrected chi connectivity index (χ1v) is 5.17. The summed E-state index contributed by atoms with van der Waals surface area (Å²) in [5.41, 5.74) is 1.14. The molecule has 74 valence electrons. The summed E-state index contributed by atoms with van der Waals surface area (Å²) in [7, 11) is 0. The van der Waals surface area contributed by atoms with Gasteiger partial charge in [0, 0.05) is 5.70 Å². The zero-order chi connectivity index (χ0) is 9.64. The van der Waals surface area contributed by atoms with Crippen LogP contribution in [0.3, 0.4) is 0 Å². The first kappa shape index (κ1) is 9.07. The summed E-state index contributed by atoms with van der Waals surface area (Å²) in [5.74, 6) is 0.759. The Balaban J connectivity index is 2.24. The van der Waals surface area contributed by atoms with Crippen molar-refractivity contribution in [2.24, 2.45) is 5.92 Å². The largest absolute Gasteiger partial charge is 0.354 e. The molecule has 1 unspecified atom stereocenters. The summed E-state index contributed by atoms with van der Waals surface area (Å²) in [5, 5.41) is 0. The Morgan fingerprint density at radius 1 is 1.62 bits per heavy atom. The molecule has 0 aliphatic carbocycles. The van der Waals surface area contributed by atoms with Crippen molar-refractivity contribution in [3.05, 3.63) is 12.3 Å². The predicted molar refractivity (Wildman–Crippen MR) is 53.2 cm³/mol. The zero-order valence-corrected chi connectivity index (χ0v) is 8.84. The van der Waals surface area contributed by atoms with Gasteiger partial charge in [-0.3, -0.25) is 0 Å². The number of ether oxygens (including phenoxy) is 1. The lowest BCUT2D eigenvalue weighted by Crippen LogP contribution is -2.39. The van der Waals surface area contributed by atoms with Crippen molar-refractivity contribution in [3.8, 4) is 0 Å². The molecule has 2 heteroatoms. The van der Waals surface area contributed by atoms with Gasteiger partial charge >= 0.3 is 0 Å². The average molecular weight is 181 g/mol. The fourth-order valence-corrected chi connectivity index (χ4v) is 2.75. The van der Waals surface area contributed by atoms with Gasteiger partial charge in [0.05, 0.1) is 12.6 Å². The third-order valence-corrected chi connectivity index (χ3v) is 3.43. The van der Waals surface area contributed by atoms with E-state index in [1.165, 1.54) is 12.1 Å². The van der Waals surface area contributed by atoms with Crippen LogP contribution in [-0.2, 0) is 4.74 Å². The van der Waals surface area contributed by atoms with Gasteiger partial charge in [-0.1, -0.05) is 19.9 Å². The van der Waals surface area contributed by atoms with Crippen LogP contribution in [0.2, 0.25) is 0 Å². The van der Waals surface area contributed by atoms with E-state index in [1.54, 1.807) is 0 Å². The van der Waals surface area contributed by atoms with Crippen molar-refractivity contribution in [2.45, 2.75) is 45.4 Å². The molecule has 2 nitrogen and oxygen atoms in total. The van der Waals surface area contributed by atoms with E-state index in [0.29, 0.717) is 6.04 Å². The number of hydrogen-bond donors (Lipinski definition) is 0. The first-order valence-electron chi connectivity index (χ1n) is 5.17. The molecule has 2 rings (SSSR count). The highest BCUT2D eigenvalue weighted by molar-refractivity contribution is 5.13. The van der Waals surface area contributed by atoms with E-state index >= 15 is 0 Å². The van der Waals surface area contributed by atoms with Crippen molar-refractivity contribution < 1.29 is 4.74 Å². The van der Waals surface area contributed by atoms with Crippen LogP contribution in [0.25, 0.3) is 0 Å². The second-order valence-electron chi connectivity index (χ2n) is 4.63. The summed E-state index contributed by atoms with van der Waals surface area (Å²) < 4.78 is 5.77. The molecule has 2 saturated heterocycles. The van der Waals surface area contributed by atoms with Gasteiger partial charge in [0.15, 0.2) is 0 Å². The fraction of sp³-hybridized carbons (Fsp3) is 0.818. The molecule has 0 radical (unpaired) electrons. The van der Waals surface area contributed by atoms with Gasteiger partial charge in [-0.15, -0.1) is 0 Å². The highest BCUT2D eigenvalue weighted by atomic mass is 16.5. The molecule has 0 bridgehead atoms. The van der Waals surface area contributed by atoms with Crippen LogP contribution in [0.15, 0.2) is 12.3 Å². The number of nitrogens with zero attached hydrogens (tertiary/aromatic N) is 1. The summed E-state index contributed by atoms with van der Waals surface area (Å²) in [4.78, 5) is 2.38. The summed E-state index contributed by atoms with van der Waals surface area (Å²) >= 11 is 0. The third kappa shape index (κ3) is 1.19. The molecule has 2 heterocycles. The van der Waals surface area contributed by atoms with Gasteiger partial charge in [-0.2, -0.15) is 0 Å². The Bertz CT molecular complexity index is 234. The van der Waals surface area contributed by atoms with Crippen LogP contribution in [0.4, 0.5) is 0 Å². The van der Waals surface area contributed by atoms with E-state index in [9.17, 15) is 0 Å². The van der Waals surface area contributed by atoms with Gasteiger partial charge in [0.2, 0.25) is 0 Å². The van der Waals surface area contributed by atoms with Crippen molar-refractivity contribution >= 4 is 0 Å². The number of fused-ring (bicyclic) bond motifs is 1. The highest BCUT2D eigenvalue weighted by Gasteiger charge is 2.48. The predicted octanol–water partition coefficient (Wildman–Crippen LogP) is 2.37.